The molecule has 2 heteroatoms. The van der Waals surface area contributed by atoms with E-state index in [9.17, 15) is 0 Å². The van der Waals surface area contributed by atoms with Crippen LogP contribution in [0.5, 0.6) is 0 Å². The largest absolute Gasteiger partial charge is 0.453 e. The standard InChI is InChI=1S/C37H27NO/c1-37(2)31-18-9-8-15-28(31)29-20-19-25(22-32(29)37)38-33-21-24-13-6-7-14-26(24)34-30-17-10-16-27(35(30)39-36(33)34)23-11-4-3-5-12-23/h3-22,38H,1-2H3. The molecule has 0 amide bonds. The third kappa shape index (κ3) is 3.21. The number of nitrogens with one attached hydrogen (secondary N) is 1. The number of rotatable bonds is 3. The van der Waals surface area contributed by atoms with Crippen molar-refractivity contribution in [3.8, 4) is 22.3 Å². The Morgan fingerprint density at radius 1 is 0.564 bits per heavy atom. The molecule has 2 nitrogen and oxygen atoms in total. The molecule has 1 aromatic heterocycles. The van der Waals surface area contributed by atoms with Crippen LogP contribution in [0.3, 0.4) is 0 Å². The normalized spacial score (nSPS) is 13.6. The van der Waals surface area contributed by atoms with Gasteiger partial charge in [0.2, 0.25) is 0 Å². The molecular weight excluding hydrogens is 474 g/mol. The predicted molar refractivity (Wildman–Crippen MR) is 164 cm³/mol. The molecule has 1 aliphatic rings. The van der Waals surface area contributed by atoms with E-state index in [-0.39, 0.29) is 5.41 Å². The van der Waals surface area contributed by atoms with E-state index < -0.39 is 0 Å². The molecule has 0 spiro atoms. The van der Waals surface area contributed by atoms with E-state index in [2.05, 4.69) is 134 Å². The van der Waals surface area contributed by atoms with Crippen LogP contribution >= 0.6 is 0 Å². The van der Waals surface area contributed by atoms with Crippen molar-refractivity contribution >= 4 is 44.1 Å². The Balaban J connectivity index is 1.34. The Morgan fingerprint density at radius 2 is 1.28 bits per heavy atom. The monoisotopic (exact) mass is 501 g/mol. The second-order valence-corrected chi connectivity index (χ2v) is 11.1. The Hall–Kier alpha value is -4.82. The second-order valence-electron chi connectivity index (χ2n) is 11.1. The summed E-state index contributed by atoms with van der Waals surface area (Å²) >= 11 is 0. The molecule has 0 radical (unpaired) electrons. The fraction of sp³-hybridized carbons (Fsp3) is 0.0811. The molecule has 7 aromatic rings. The van der Waals surface area contributed by atoms with E-state index in [1.165, 1.54) is 33.0 Å². The molecule has 0 fully saturated rings. The first-order valence-electron chi connectivity index (χ1n) is 13.5. The van der Waals surface area contributed by atoms with Gasteiger partial charge < -0.3 is 9.73 Å². The highest BCUT2D eigenvalue weighted by Gasteiger charge is 2.35. The van der Waals surface area contributed by atoms with E-state index in [1.807, 2.05) is 6.07 Å². The van der Waals surface area contributed by atoms with Gasteiger partial charge in [-0.25, -0.2) is 0 Å². The van der Waals surface area contributed by atoms with Crippen LogP contribution in [-0.4, -0.2) is 0 Å². The van der Waals surface area contributed by atoms with Crippen molar-refractivity contribution in [3.63, 3.8) is 0 Å². The van der Waals surface area contributed by atoms with Crippen LogP contribution in [0.2, 0.25) is 0 Å². The number of para-hydroxylation sites is 1. The number of hydrogen-bond acceptors (Lipinski definition) is 2. The molecule has 6 aromatic carbocycles. The highest BCUT2D eigenvalue weighted by atomic mass is 16.3. The number of anilines is 2. The SMILES string of the molecule is CC1(C)c2ccccc2-c2ccc(Nc3cc4ccccc4c4c3oc3c(-c5ccccc5)cccc34)cc21. The summed E-state index contributed by atoms with van der Waals surface area (Å²) in [6.45, 7) is 4.64. The highest BCUT2D eigenvalue weighted by Crippen LogP contribution is 2.50. The van der Waals surface area contributed by atoms with E-state index >= 15 is 0 Å². The molecule has 1 heterocycles. The first-order chi connectivity index (χ1) is 19.1. The van der Waals surface area contributed by atoms with Gasteiger partial charge in [-0.3, -0.25) is 0 Å². The maximum atomic E-state index is 6.77. The average Bonchev–Trinajstić information content (AvgIpc) is 3.48. The lowest BCUT2D eigenvalue weighted by atomic mass is 9.82. The molecule has 0 saturated heterocycles. The average molecular weight is 502 g/mol. The molecule has 186 valence electrons. The summed E-state index contributed by atoms with van der Waals surface area (Å²) in [5.41, 5.74) is 11.5. The maximum Gasteiger partial charge on any atom is 0.159 e. The zero-order valence-corrected chi connectivity index (χ0v) is 22.0. The molecule has 0 bridgehead atoms. The van der Waals surface area contributed by atoms with Crippen LogP contribution in [0.4, 0.5) is 11.4 Å². The van der Waals surface area contributed by atoms with Crippen LogP contribution in [0.1, 0.15) is 25.0 Å². The maximum absolute atomic E-state index is 6.77. The van der Waals surface area contributed by atoms with E-state index in [0.29, 0.717) is 0 Å². The first-order valence-corrected chi connectivity index (χ1v) is 13.5. The first kappa shape index (κ1) is 22.2. The van der Waals surface area contributed by atoms with Crippen LogP contribution < -0.4 is 5.32 Å². The lowest BCUT2D eigenvalue weighted by Gasteiger charge is -2.22. The van der Waals surface area contributed by atoms with Crippen molar-refractivity contribution in [1.82, 2.24) is 0 Å². The zero-order chi connectivity index (χ0) is 26.1. The third-order valence-electron chi connectivity index (χ3n) is 8.44. The molecular formula is C37H27NO. The van der Waals surface area contributed by atoms with Crippen molar-refractivity contribution in [3.05, 3.63) is 132 Å². The summed E-state index contributed by atoms with van der Waals surface area (Å²) in [5, 5.41) is 8.44. The van der Waals surface area contributed by atoms with Gasteiger partial charge in [0.25, 0.3) is 0 Å². The zero-order valence-electron chi connectivity index (χ0n) is 22.0. The Kier molecular flexibility index (Phi) is 4.60. The van der Waals surface area contributed by atoms with Gasteiger partial charge in [-0.2, -0.15) is 0 Å². The smallest absolute Gasteiger partial charge is 0.159 e. The topological polar surface area (TPSA) is 25.2 Å². The fourth-order valence-electron chi connectivity index (χ4n) is 6.52. The minimum absolute atomic E-state index is 0.0493. The summed E-state index contributed by atoms with van der Waals surface area (Å²) in [6, 6.07) is 43.3. The lowest BCUT2D eigenvalue weighted by Crippen LogP contribution is -2.15. The number of hydrogen-bond donors (Lipinski definition) is 1. The molecule has 0 saturated carbocycles. The van der Waals surface area contributed by atoms with Crippen molar-refractivity contribution < 1.29 is 4.42 Å². The quantitative estimate of drug-likeness (QED) is 0.260. The minimum Gasteiger partial charge on any atom is -0.453 e. The van der Waals surface area contributed by atoms with Gasteiger partial charge >= 0.3 is 0 Å². The Labute approximate surface area is 227 Å². The molecule has 8 rings (SSSR count). The van der Waals surface area contributed by atoms with Crippen LogP contribution in [0, 0.1) is 0 Å². The van der Waals surface area contributed by atoms with Gasteiger partial charge in [-0.15, -0.1) is 0 Å². The van der Waals surface area contributed by atoms with Crippen molar-refractivity contribution in [2.24, 2.45) is 0 Å². The van der Waals surface area contributed by atoms with E-state index in [4.69, 9.17) is 4.42 Å². The molecule has 0 unspecified atom stereocenters. The molecule has 0 atom stereocenters. The van der Waals surface area contributed by atoms with Crippen molar-refractivity contribution in [1.29, 1.82) is 0 Å². The molecule has 39 heavy (non-hydrogen) atoms. The van der Waals surface area contributed by atoms with Crippen molar-refractivity contribution in [2.75, 3.05) is 5.32 Å². The Bertz CT molecular complexity index is 2060. The summed E-state index contributed by atoms with van der Waals surface area (Å²) in [4.78, 5) is 0. The second kappa shape index (κ2) is 8.09. The third-order valence-corrected chi connectivity index (χ3v) is 8.44. The lowest BCUT2D eigenvalue weighted by molar-refractivity contribution is 0.660. The summed E-state index contributed by atoms with van der Waals surface area (Å²) in [6.07, 6.45) is 0. The molecule has 0 aliphatic heterocycles. The van der Waals surface area contributed by atoms with Gasteiger partial charge in [-0.05, 0) is 56.8 Å². The number of benzene rings is 6. The van der Waals surface area contributed by atoms with Gasteiger partial charge in [0, 0.05) is 27.4 Å². The van der Waals surface area contributed by atoms with Crippen LogP contribution in [-0.2, 0) is 5.41 Å². The van der Waals surface area contributed by atoms with E-state index in [0.717, 1.165) is 44.4 Å². The summed E-state index contributed by atoms with van der Waals surface area (Å²) < 4.78 is 6.77. The summed E-state index contributed by atoms with van der Waals surface area (Å²) in [7, 11) is 0. The number of fused-ring (bicyclic) bond motifs is 8. The highest BCUT2D eigenvalue weighted by molar-refractivity contribution is 6.23. The van der Waals surface area contributed by atoms with Gasteiger partial charge in [0.1, 0.15) is 5.58 Å². The van der Waals surface area contributed by atoms with Crippen LogP contribution in [0.15, 0.2) is 126 Å². The van der Waals surface area contributed by atoms with Crippen molar-refractivity contribution in [2.45, 2.75) is 19.3 Å². The molecule has 1 N–H and O–H groups in total. The minimum atomic E-state index is -0.0493. The predicted octanol–water partition coefficient (Wildman–Crippen LogP) is 10.5. The van der Waals surface area contributed by atoms with E-state index in [1.54, 1.807) is 0 Å². The van der Waals surface area contributed by atoms with Gasteiger partial charge in [0.15, 0.2) is 5.58 Å². The fourth-order valence-corrected chi connectivity index (χ4v) is 6.52. The van der Waals surface area contributed by atoms with Gasteiger partial charge in [0.05, 0.1) is 5.69 Å². The number of furan rings is 1. The molecule has 1 aliphatic carbocycles. The Morgan fingerprint density at radius 3 is 2.18 bits per heavy atom. The van der Waals surface area contributed by atoms with Gasteiger partial charge in [-0.1, -0.05) is 117 Å². The summed E-state index contributed by atoms with van der Waals surface area (Å²) in [5.74, 6) is 0. The van der Waals surface area contributed by atoms with Crippen LogP contribution in [0.25, 0.3) is 55.0 Å².